The molecule has 0 spiro atoms. The molecule has 0 aliphatic carbocycles. The summed E-state index contributed by atoms with van der Waals surface area (Å²) >= 11 is 5.87. The first-order valence-electron chi connectivity index (χ1n) is 6.46. The predicted molar refractivity (Wildman–Crippen MR) is 84.5 cm³/mol. The standard InChI is InChI=1S/C15H14ClNO5S/c1-21-13-4-3-12(16)6-14(13)23(19,20)9-10-5-11(8-17-7-10)15(18)22-2/h3-8H,9H2,1-2H3. The molecule has 0 amide bonds. The van der Waals surface area contributed by atoms with Crippen LogP contribution in [0.25, 0.3) is 0 Å². The van der Waals surface area contributed by atoms with Crippen molar-refractivity contribution in [1.82, 2.24) is 4.98 Å². The highest BCUT2D eigenvalue weighted by molar-refractivity contribution is 7.90. The Kier molecular flexibility index (Phi) is 5.23. The van der Waals surface area contributed by atoms with Gasteiger partial charge >= 0.3 is 5.97 Å². The van der Waals surface area contributed by atoms with Crippen LogP contribution < -0.4 is 4.74 Å². The lowest BCUT2D eigenvalue weighted by Crippen LogP contribution is -2.09. The Morgan fingerprint density at radius 3 is 2.61 bits per heavy atom. The lowest BCUT2D eigenvalue weighted by atomic mass is 10.2. The van der Waals surface area contributed by atoms with Crippen molar-refractivity contribution in [3.05, 3.63) is 52.8 Å². The van der Waals surface area contributed by atoms with E-state index in [1.165, 1.54) is 44.8 Å². The second kappa shape index (κ2) is 6.97. The van der Waals surface area contributed by atoms with Gasteiger partial charge < -0.3 is 9.47 Å². The van der Waals surface area contributed by atoms with Crippen molar-refractivity contribution in [2.45, 2.75) is 10.6 Å². The molecule has 0 unspecified atom stereocenters. The van der Waals surface area contributed by atoms with Gasteiger partial charge in [0.05, 0.1) is 25.5 Å². The average Bonchev–Trinajstić information content (AvgIpc) is 2.54. The molecule has 2 aromatic rings. The molecule has 0 bridgehead atoms. The van der Waals surface area contributed by atoms with Crippen LogP contribution in [0.4, 0.5) is 0 Å². The van der Waals surface area contributed by atoms with Crippen molar-refractivity contribution >= 4 is 27.4 Å². The first-order chi connectivity index (χ1) is 10.9. The number of aromatic nitrogens is 1. The van der Waals surface area contributed by atoms with Crippen LogP contribution in [-0.4, -0.2) is 33.6 Å². The minimum atomic E-state index is -3.73. The number of ether oxygens (including phenoxy) is 2. The van der Waals surface area contributed by atoms with Gasteiger partial charge in [0.25, 0.3) is 0 Å². The zero-order valence-electron chi connectivity index (χ0n) is 12.4. The number of rotatable bonds is 5. The van der Waals surface area contributed by atoms with Crippen molar-refractivity contribution in [3.8, 4) is 5.75 Å². The molecule has 0 atom stereocenters. The van der Waals surface area contributed by atoms with Crippen LogP contribution in [-0.2, 0) is 20.3 Å². The topological polar surface area (TPSA) is 82.6 Å². The molecule has 6 nitrogen and oxygen atoms in total. The lowest BCUT2D eigenvalue weighted by Gasteiger charge is -2.10. The lowest BCUT2D eigenvalue weighted by molar-refractivity contribution is 0.0600. The van der Waals surface area contributed by atoms with E-state index in [-0.39, 0.29) is 27.0 Å². The normalized spacial score (nSPS) is 11.1. The van der Waals surface area contributed by atoms with Crippen molar-refractivity contribution in [3.63, 3.8) is 0 Å². The fraction of sp³-hybridized carbons (Fsp3) is 0.200. The number of sulfone groups is 1. The number of methoxy groups -OCH3 is 2. The summed E-state index contributed by atoms with van der Waals surface area (Å²) in [4.78, 5) is 15.3. The van der Waals surface area contributed by atoms with E-state index >= 15 is 0 Å². The second-order valence-electron chi connectivity index (χ2n) is 4.63. The van der Waals surface area contributed by atoms with E-state index in [0.717, 1.165) is 0 Å². The van der Waals surface area contributed by atoms with Crippen molar-refractivity contribution in [1.29, 1.82) is 0 Å². The Morgan fingerprint density at radius 2 is 1.96 bits per heavy atom. The Hall–Kier alpha value is -2.12. The number of carbonyl (C=O) groups is 1. The van der Waals surface area contributed by atoms with Gasteiger partial charge in [-0.05, 0) is 29.8 Å². The summed E-state index contributed by atoms with van der Waals surface area (Å²) in [5.74, 6) is -0.731. The highest BCUT2D eigenvalue weighted by Crippen LogP contribution is 2.29. The minimum absolute atomic E-state index is 0.0176. The number of esters is 1. The molecule has 1 aromatic carbocycles. The third-order valence-corrected chi connectivity index (χ3v) is 4.97. The highest BCUT2D eigenvalue weighted by atomic mass is 35.5. The molecule has 0 aliphatic rings. The third kappa shape index (κ3) is 4.00. The second-order valence-corrected chi connectivity index (χ2v) is 7.02. The quantitative estimate of drug-likeness (QED) is 0.766. The molecule has 1 heterocycles. The van der Waals surface area contributed by atoms with E-state index in [0.29, 0.717) is 5.56 Å². The van der Waals surface area contributed by atoms with Crippen LogP contribution in [0.3, 0.4) is 0 Å². The SMILES string of the molecule is COC(=O)c1cncc(CS(=O)(=O)c2cc(Cl)ccc2OC)c1. The minimum Gasteiger partial charge on any atom is -0.495 e. The van der Waals surface area contributed by atoms with Gasteiger partial charge in [-0.2, -0.15) is 0 Å². The van der Waals surface area contributed by atoms with E-state index in [9.17, 15) is 13.2 Å². The van der Waals surface area contributed by atoms with E-state index < -0.39 is 15.8 Å². The highest BCUT2D eigenvalue weighted by Gasteiger charge is 2.21. The maximum absolute atomic E-state index is 12.6. The molecule has 0 fully saturated rings. The molecule has 2 rings (SSSR count). The summed E-state index contributed by atoms with van der Waals surface area (Å²) < 4.78 is 34.9. The number of hydrogen-bond donors (Lipinski definition) is 0. The maximum atomic E-state index is 12.6. The van der Waals surface area contributed by atoms with Gasteiger partial charge in [-0.25, -0.2) is 13.2 Å². The fourth-order valence-corrected chi connectivity index (χ4v) is 3.74. The smallest absolute Gasteiger partial charge is 0.339 e. The van der Waals surface area contributed by atoms with Gasteiger partial charge in [-0.1, -0.05) is 11.6 Å². The summed E-state index contributed by atoms with van der Waals surface area (Å²) in [6, 6.07) is 5.78. The molecule has 0 saturated heterocycles. The zero-order chi connectivity index (χ0) is 17.0. The van der Waals surface area contributed by atoms with Gasteiger partial charge in [0.15, 0.2) is 9.84 Å². The van der Waals surface area contributed by atoms with Crippen LogP contribution in [0, 0.1) is 0 Å². The molecule has 0 N–H and O–H groups in total. The first kappa shape index (κ1) is 17.2. The van der Waals surface area contributed by atoms with Crippen LogP contribution >= 0.6 is 11.6 Å². The van der Waals surface area contributed by atoms with Crippen molar-refractivity contribution in [2.75, 3.05) is 14.2 Å². The summed E-state index contributed by atoms with van der Waals surface area (Å²) in [5.41, 5.74) is 0.535. The van der Waals surface area contributed by atoms with E-state index in [1.807, 2.05) is 0 Å². The van der Waals surface area contributed by atoms with Gasteiger partial charge in [0.1, 0.15) is 10.6 Å². The molecule has 23 heavy (non-hydrogen) atoms. The first-order valence-corrected chi connectivity index (χ1v) is 8.49. The largest absolute Gasteiger partial charge is 0.495 e. The number of benzene rings is 1. The van der Waals surface area contributed by atoms with Gasteiger partial charge in [0, 0.05) is 17.4 Å². The Bertz CT molecular complexity index is 836. The Morgan fingerprint density at radius 1 is 1.22 bits per heavy atom. The average molecular weight is 356 g/mol. The third-order valence-electron chi connectivity index (χ3n) is 3.03. The Balaban J connectivity index is 2.39. The van der Waals surface area contributed by atoms with E-state index in [2.05, 4.69) is 9.72 Å². The monoisotopic (exact) mass is 355 g/mol. The number of pyridine rings is 1. The molecular weight excluding hydrogens is 342 g/mol. The molecule has 8 heteroatoms. The van der Waals surface area contributed by atoms with E-state index in [1.54, 1.807) is 6.07 Å². The molecule has 0 radical (unpaired) electrons. The van der Waals surface area contributed by atoms with E-state index in [4.69, 9.17) is 16.3 Å². The van der Waals surface area contributed by atoms with Crippen LogP contribution in [0.15, 0.2) is 41.6 Å². The Labute approximate surface area is 138 Å². The van der Waals surface area contributed by atoms with Crippen molar-refractivity contribution in [2.24, 2.45) is 0 Å². The number of nitrogens with zero attached hydrogens (tertiary/aromatic N) is 1. The predicted octanol–water partition coefficient (Wildman–Crippen LogP) is 2.50. The molecular formula is C15H14ClNO5S. The molecule has 0 aliphatic heterocycles. The summed E-state index contributed by atoms with van der Waals surface area (Å²) in [6.07, 6.45) is 2.68. The number of halogens is 1. The zero-order valence-corrected chi connectivity index (χ0v) is 14.0. The summed E-state index contributed by atoms with van der Waals surface area (Å²) in [6.45, 7) is 0. The van der Waals surface area contributed by atoms with Crippen molar-refractivity contribution < 1.29 is 22.7 Å². The summed E-state index contributed by atoms with van der Waals surface area (Å²) in [5, 5.41) is 0.283. The van der Waals surface area contributed by atoms with Crippen LogP contribution in [0.1, 0.15) is 15.9 Å². The van der Waals surface area contributed by atoms with Gasteiger partial charge in [-0.3, -0.25) is 4.98 Å². The van der Waals surface area contributed by atoms with Gasteiger partial charge in [-0.15, -0.1) is 0 Å². The maximum Gasteiger partial charge on any atom is 0.339 e. The fourth-order valence-electron chi connectivity index (χ4n) is 1.99. The molecule has 122 valence electrons. The molecule has 1 aromatic heterocycles. The van der Waals surface area contributed by atoms with Gasteiger partial charge in [0.2, 0.25) is 0 Å². The molecule has 0 saturated carbocycles. The van der Waals surface area contributed by atoms with Crippen LogP contribution in [0.5, 0.6) is 5.75 Å². The summed E-state index contributed by atoms with van der Waals surface area (Å²) in [7, 11) is -1.11. The number of carbonyl (C=O) groups excluding carboxylic acids is 1. The number of hydrogen-bond acceptors (Lipinski definition) is 6. The van der Waals surface area contributed by atoms with Crippen LogP contribution in [0.2, 0.25) is 5.02 Å².